The second-order valence-electron chi connectivity index (χ2n) is 5.12. The molecule has 122 valence electrons. The highest BCUT2D eigenvalue weighted by molar-refractivity contribution is 6.30. The van der Waals surface area contributed by atoms with E-state index in [2.05, 4.69) is 5.16 Å². The van der Waals surface area contributed by atoms with Gasteiger partial charge in [-0.15, -0.1) is 0 Å². The lowest BCUT2D eigenvalue weighted by atomic mass is 10.0. The van der Waals surface area contributed by atoms with Crippen molar-refractivity contribution >= 4 is 17.3 Å². The number of benzene rings is 2. The summed E-state index contributed by atoms with van der Waals surface area (Å²) in [5, 5.41) is 4.40. The van der Waals surface area contributed by atoms with Crippen molar-refractivity contribution in [2.45, 2.75) is 26.6 Å². The van der Waals surface area contributed by atoms with E-state index in [-0.39, 0.29) is 17.9 Å². The first-order chi connectivity index (χ1) is 10.8. The van der Waals surface area contributed by atoms with Crippen LogP contribution < -0.4 is 0 Å². The molecular weight excluding hydrogens is 327 g/mol. The van der Waals surface area contributed by atoms with Gasteiger partial charge in [0.2, 0.25) is 0 Å². The molecule has 2 rings (SSSR count). The van der Waals surface area contributed by atoms with Crippen LogP contribution >= 0.6 is 11.6 Å². The molecule has 2 nitrogen and oxygen atoms in total. The molecule has 2 aromatic rings. The maximum atomic E-state index is 13.1. The SMILES string of the molecule is C/C(=N\OCc1ccc(Cl)cc1)c1ccc(C)cc1C(F)(F)F. The summed E-state index contributed by atoms with van der Waals surface area (Å²) < 4.78 is 39.3. The van der Waals surface area contributed by atoms with Crippen molar-refractivity contribution in [2.75, 3.05) is 0 Å². The number of oxime groups is 1. The van der Waals surface area contributed by atoms with Crippen LogP contribution in [-0.4, -0.2) is 5.71 Å². The summed E-state index contributed by atoms with van der Waals surface area (Å²) in [6, 6.07) is 11.1. The Bertz CT molecular complexity index is 709. The van der Waals surface area contributed by atoms with Gasteiger partial charge in [-0.05, 0) is 37.6 Å². The molecule has 0 aliphatic rings. The van der Waals surface area contributed by atoms with E-state index in [0.717, 1.165) is 11.6 Å². The van der Waals surface area contributed by atoms with Crippen molar-refractivity contribution in [3.05, 3.63) is 69.7 Å². The Kier molecular flexibility index (Phi) is 5.31. The second kappa shape index (κ2) is 7.04. The van der Waals surface area contributed by atoms with Crippen molar-refractivity contribution in [2.24, 2.45) is 5.16 Å². The lowest BCUT2D eigenvalue weighted by molar-refractivity contribution is -0.137. The third-order valence-electron chi connectivity index (χ3n) is 3.22. The van der Waals surface area contributed by atoms with Crippen LogP contribution in [0.25, 0.3) is 0 Å². The van der Waals surface area contributed by atoms with Gasteiger partial charge in [0.05, 0.1) is 11.3 Å². The van der Waals surface area contributed by atoms with Crippen molar-refractivity contribution in [3.8, 4) is 0 Å². The van der Waals surface area contributed by atoms with Gasteiger partial charge < -0.3 is 4.84 Å². The third-order valence-corrected chi connectivity index (χ3v) is 3.47. The third kappa shape index (κ3) is 4.73. The van der Waals surface area contributed by atoms with Gasteiger partial charge in [0.25, 0.3) is 0 Å². The Morgan fingerprint density at radius 2 is 1.78 bits per heavy atom. The first kappa shape index (κ1) is 17.3. The minimum absolute atomic E-state index is 0.0132. The molecule has 0 amide bonds. The summed E-state index contributed by atoms with van der Waals surface area (Å²) in [6.45, 7) is 3.26. The average molecular weight is 342 g/mol. The molecule has 0 aliphatic heterocycles. The molecule has 2 aromatic carbocycles. The molecule has 0 N–H and O–H groups in total. The normalized spacial score (nSPS) is 12.3. The minimum atomic E-state index is -4.44. The van der Waals surface area contributed by atoms with Gasteiger partial charge in [0.15, 0.2) is 0 Å². The monoisotopic (exact) mass is 341 g/mol. The standard InChI is InChI=1S/C17H15ClF3NO/c1-11-3-8-15(16(9-11)17(19,20)21)12(2)22-23-10-13-4-6-14(18)7-5-13/h3-9H,10H2,1-2H3/b22-12+. The molecule has 6 heteroatoms. The number of aryl methyl sites for hydroxylation is 1. The molecular formula is C17H15ClF3NO. The predicted molar refractivity (Wildman–Crippen MR) is 84.6 cm³/mol. The van der Waals surface area contributed by atoms with Gasteiger partial charge in [-0.3, -0.25) is 0 Å². The number of nitrogens with zero attached hydrogens (tertiary/aromatic N) is 1. The molecule has 0 unspecified atom stereocenters. The molecule has 0 aliphatic carbocycles. The van der Waals surface area contributed by atoms with E-state index in [1.807, 2.05) is 0 Å². The van der Waals surface area contributed by atoms with Crippen molar-refractivity contribution < 1.29 is 18.0 Å². The van der Waals surface area contributed by atoms with E-state index in [0.29, 0.717) is 10.6 Å². The van der Waals surface area contributed by atoms with Crippen LogP contribution in [0.2, 0.25) is 5.02 Å². The van der Waals surface area contributed by atoms with Gasteiger partial charge in [0.1, 0.15) is 6.61 Å². The molecule has 0 aromatic heterocycles. The number of halogens is 4. The first-order valence-corrected chi connectivity index (χ1v) is 7.24. The lowest BCUT2D eigenvalue weighted by Gasteiger charge is -2.13. The Labute approximate surface area is 137 Å². The Balaban J connectivity index is 2.16. The number of rotatable bonds is 4. The van der Waals surface area contributed by atoms with Crippen molar-refractivity contribution in [1.29, 1.82) is 0 Å². The molecule has 0 spiro atoms. The van der Waals surface area contributed by atoms with E-state index >= 15 is 0 Å². The summed E-state index contributed by atoms with van der Waals surface area (Å²) in [5.74, 6) is 0. The zero-order valence-electron chi connectivity index (χ0n) is 12.6. The Morgan fingerprint density at radius 3 is 2.39 bits per heavy atom. The van der Waals surface area contributed by atoms with E-state index in [1.165, 1.54) is 13.0 Å². The summed E-state index contributed by atoms with van der Waals surface area (Å²) in [6.07, 6.45) is -4.44. The first-order valence-electron chi connectivity index (χ1n) is 6.86. The topological polar surface area (TPSA) is 21.6 Å². The second-order valence-corrected chi connectivity index (χ2v) is 5.56. The largest absolute Gasteiger partial charge is 0.417 e. The molecule has 0 heterocycles. The molecule has 0 bridgehead atoms. The van der Waals surface area contributed by atoms with Crippen LogP contribution in [0.3, 0.4) is 0 Å². The summed E-state index contributed by atoms with van der Waals surface area (Å²) in [4.78, 5) is 5.15. The van der Waals surface area contributed by atoms with E-state index in [1.54, 1.807) is 37.3 Å². The maximum absolute atomic E-state index is 13.1. The van der Waals surface area contributed by atoms with Crippen molar-refractivity contribution in [3.63, 3.8) is 0 Å². The zero-order valence-corrected chi connectivity index (χ0v) is 13.4. The van der Waals surface area contributed by atoms with Crippen LogP contribution in [0.5, 0.6) is 0 Å². The summed E-state index contributed by atoms with van der Waals surface area (Å²) in [5.41, 5.74) is 0.834. The Hall–Kier alpha value is -2.01. The van der Waals surface area contributed by atoms with Crippen molar-refractivity contribution in [1.82, 2.24) is 0 Å². The van der Waals surface area contributed by atoms with Gasteiger partial charge in [-0.25, -0.2) is 0 Å². The Morgan fingerprint density at radius 1 is 1.13 bits per heavy atom. The predicted octanol–water partition coefficient (Wildman–Crippen LogP) is 5.61. The molecule has 0 saturated carbocycles. The molecule has 23 heavy (non-hydrogen) atoms. The maximum Gasteiger partial charge on any atom is 0.417 e. The van der Waals surface area contributed by atoms with E-state index in [9.17, 15) is 13.2 Å². The smallest absolute Gasteiger partial charge is 0.391 e. The van der Waals surface area contributed by atoms with Gasteiger partial charge >= 0.3 is 6.18 Å². The molecule has 0 atom stereocenters. The molecule has 0 fully saturated rings. The van der Waals surface area contributed by atoms with Crippen LogP contribution in [0.4, 0.5) is 13.2 Å². The molecule has 0 saturated heterocycles. The van der Waals surface area contributed by atoms with E-state index in [4.69, 9.17) is 16.4 Å². The minimum Gasteiger partial charge on any atom is -0.391 e. The fraction of sp³-hybridized carbons (Fsp3) is 0.235. The van der Waals surface area contributed by atoms with Crippen LogP contribution in [0.1, 0.15) is 29.2 Å². The number of hydrogen-bond donors (Lipinski definition) is 0. The highest BCUT2D eigenvalue weighted by Crippen LogP contribution is 2.33. The number of hydrogen-bond acceptors (Lipinski definition) is 2. The highest BCUT2D eigenvalue weighted by Gasteiger charge is 2.34. The fourth-order valence-electron chi connectivity index (χ4n) is 2.04. The van der Waals surface area contributed by atoms with Gasteiger partial charge in [0, 0.05) is 10.6 Å². The summed E-state index contributed by atoms with van der Waals surface area (Å²) in [7, 11) is 0. The average Bonchev–Trinajstić information content (AvgIpc) is 2.48. The highest BCUT2D eigenvalue weighted by atomic mass is 35.5. The number of alkyl halides is 3. The van der Waals surface area contributed by atoms with Crippen LogP contribution in [0, 0.1) is 6.92 Å². The van der Waals surface area contributed by atoms with E-state index < -0.39 is 11.7 Å². The fourth-order valence-corrected chi connectivity index (χ4v) is 2.17. The van der Waals surface area contributed by atoms with Crippen LogP contribution in [0.15, 0.2) is 47.6 Å². The lowest BCUT2D eigenvalue weighted by Crippen LogP contribution is -2.12. The quantitative estimate of drug-likeness (QED) is 0.523. The van der Waals surface area contributed by atoms with Gasteiger partial charge in [-0.1, -0.05) is 46.6 Å². The zero-order chi connectivity index (χ0) is 17.0. The molecule has 0 radical (unpaired) electrons. The summed E-state index contributed by atoms with van der Waals surface area (Å²) >= 11 is 5.77. The van der Waals surface area contributed by atoms with Crippen LogP contribution in [-0.2, 0) is 17.6 Å². The van der Waals surface area contributed by atoms with Gasteiger partial charge in [-0.2, -0.15) is 13.2 Å².